The minimum atomic E-state index is 0. The third-order valence-electron chi connectivity index (χ3n) is 2.68. The number of halogens is 1. The van der Waals surface area contributed by atoms with E-state index in [1.807, 2.05) is 12.1 Å². The van der Waals surface area contributed by atoms with Crippen molar-refractivity contribution in [1.82, 2.24) is 0 Å². The Morgan fingerprint density at radius 1 is 1.00 bits per heavy atom. The van der Waals surface area contributed by atoms with E-state index >= 15 is 0 Å². The molecule has 2 aromatic carbocycles. The molecule has 0 spiro atoms. The lowest BCUT2D eigenvalue weighted by atomic mass is 10.0. The molecule has 2 rings (SSSR count). The van der Waals surface area contributed by atoms with Crippen LogP contribution in [0.25, 0.3) is 10.8 Å². The predicted octanol–water partition coefficient (Wildman–Crippen LogP) is 2.61. The molecule has 0 saturated heterocycles. The Morgan fingerprint density at radius 3 is 2.38 bits per heavy atom. The molecule has 0 bridgehead atoms. The van der Waals surface area contributed by atoms with Crippen molar-refractivity contribution in [1.29, 1.82) is 0 Å². The SMILES string of the molecule is Cl.NCC[C@@H](N)c1ccc2ccccc2c1. The quantitative estimate of drug-likeness (QED) is 0.861. The predicted molar refractivity (Wildman–Crippen MR) is 71.8 cm³/mol. The summed E-state index contributed by atoms with van der Waals surface area (Å²) in [6, 6.07) is 14.7. The van der Waals surface area contributed by atoms with Gasteiger partial charge in [0, 0.05) is 6.04 Å². The maximum Gasteiger partial charge on any atom is 0.0307 e. The Kier molecular flexibility index (Phi) is 4.74. The summed E-state index contributed by atoms with van der Waals surface area (Å²) >= 11 is 0. The molecule has 0 amide bonds. The van der Waals surface area contributed by atoms with E-state index in [4.69, 9.17) is 11.5 Å². The second-order valence-electron chi connectivity index (χ2n) is 3.79. The van der Waals surface area contributed by atoms with E-state index in [0.717, 1.165) is 6.42 Å². The van der Waals surface area contributed by atoms with Gasteiger partial charge in [-0.1, -0.05) is 36.4 Å². The molecule has 2 nitrogen and oxygen atoms in total. The van der Waals surface area contributed by atoms with Gasteiger partial charge in [0.1, 0.15) is 0 Å². The van der Waals surface area contributed by atoms with Gasteiger partial charge >= 0.3 is 0 Å². The Morgan fingerprint density at radius 2 is 1.69 bits per heavy atom. The molecule has 0 radical (unpaired) electrons. The van der Waals surface area contributed by atoms with E-state index in [1.165, 1.54) is 16.3 Å². The fourth-order valence-corrected chi connectivity index (χ4v) is 1.78. The van der Waals surface area contributed by atoms with Gasteiger partial charge in [0.25, 0.3) is 0 Å². The number of fused-ring (bicyclic) bond motifs is 1. The van der Waals surface area contributed by atoms with Crippen molar-refractivity contribution in [2.24, 2.45) is 11.5 Å². The Balaban J connectivity index is 0.00000128. The first kappa shape index (κ1) is 13.0. The highest BCUT2D eigenvalue weighted by atomic mass is 35.5. The van der Waals surface area contributed by atoms with E-state index in [9.17, 15) is 0 Å². The van der Waals surface area contributed by atoms with E-state index in [0.29, 0.717) is 6.54 Å². The first-order chi connectivity index (χ1) is 7.31. The van der Waals surface area contributed by atoms with Crippen LogP contribution in [0.3, 0.4) is 0 Å². The van der Waals surface area contributed by atoms with E-state index in [1.54, 1.807) is 0 Å². The van der Waals surface area contributed by atoms with Crippen molar-refractivity contribution in [3.05, 3.63) is 48.0 Å². The number of benzene rings is 2. The molecule has 0 aliphatic heterocycles. The average Bonchev–Trinajstić information content (AvgIpc) is 2.29. The maximum absolute atomic E-state index is 6.02. The fourth-order valence-electron chi connectivity index (χ4n) is 1.78. The maximum atomic E-state index is 6.02. The molecule has 0 heterocycles. The summed E-state index contributed by atoms with van der Waals surface area (Å²) in [5.74, 6) is 0. The van der Waals surface area contributed by atoms with Gasteiger partial charge in [-0.05, 0) is 35.4 Å². The first-order valence-electron chi connectivity index (χ1n) is 5.25. The van der Waals surface area contributed by atoms with Gasteiger partial charge < -0.3 is 11.5 Å². The standard InChI is InChI=1S/C13H16N2.ClH/c14-8-7-13(15)12-6-5-10-3-1-2-4-11(10)9-12;/h1-6,9,13H,7-8,14-15H2;1H/t13-;/m1./s1. The smallest absolute Gasteiger partial charge is 0.0307 e. The fraction of sp³-hybridized carbons (Fsp3) is 0.231. The van der Waals surface area contributed by atoms with Gasteiger partial charge in [-0.2, -0.15) is 0 Å². The normalized spacial score (nSPS) is 12.1. The van der Waals surface area contributed by atoms with Crippen LogP contribution >= 0.6 is 12.4 Å². The van der Waals surface area contributed by atoms with Crippen molar-refractivity contribution < 1.29 is 0 Å². The van der Waals surface area contributed by atoms with Crippen molar-refractivity contribution in [2.75, 3.05) is 6.54 Å². The molecule has 4 N–H and O–H groups in total. The van der Waals surface area contributed by atoms with Gasteiger partial charge in [0.2, 0.25) is 0 Å². The summed E-state index contributed by atoms with van der Waals surface area (Å²) in [5.41, 5.74) is 12.7. The molecule has 3 heteroatoms. The molecule has 2 aromatic rings. The van der Waals surface area contributed by atoms with Crippen LogP contribution in [0.15, 0.2) is 42.5 Å². The molecular formula is C13H17ClN2. The van der Waals surface area contributed by atoms with Crippen LogP contribution in [0.5, 0.6) is 0 Å². The van der Waals surface area contributed by atoms with Crippen LogP contribution in [0.4, 0.5) is 0 Å². The average molecular weight is 237 g/mol. The first-order valence-corrected chi connectivity index (χ1v) is 5.25. The van der Waals surface area contributed by atoms with Crippen LogP contribution < -0.4 is 11.5 Å². The Bertz CT molecular complexity index is 456. The molecule has 0 saturated carbocycles. The second kappa shape index (κ2) is 5.85. The minimum absolute atomic E-state index is 0. The van der Waals surface area contributed by atoms with E-state index in [-0.39, 0.29) is 18.4 Å². The molecule has 0 aliphatic rings. The van der Waals surface area contributed by atoms with Crippen molar-refractivity contribution in [2.45, 2.75) is 12.5 Å². The number of hydrogen-bond acceptors (Lipinski definition) is 2. The Labute approximate surface area is 102 Å². The summed E-state index contributed by atoms with van der Waals surface area (Å²) in [6.07, 6.45) is 0.832. The van der Waals surface area contributed by atoms with Crippen molar-refractivity contribution in [3.8, 4) is 0 Å². The number of nitrogens with two attached hydrogens (primary N) is 2. The number of rotatable bonds is 3. The van der Waals surface area contributed by atoms with E-state index in [2.05, 4.69) is 30.3 Å². The summed E-state index contributed by atoms with van der Waals surface area (Å²) in [5, 5.41) is 2.49. The van der Waals surface area contributed by atoms with Crippen LogP contribution in [-0.4, -0.2) is 6.54 Å². The zero-order valence-corrected chi connectivity index (χ0v) is 9.91. The lowest BCUT2D eigenvalue weighted by Gasteiger charge is -2.11. The molecular weight excluding hydrogens is 220 g/mol. The lowest BCUT2D eigenvalue weighted by Crippen LogP contribution is -2.15. The molecule has 16 heavy (non-hydrogen) atoms. The highest BCUT2D eigenvalue weighted by Gasteiger charge is 2.04. The van der Waals surface area contributed by atoms with Crippen LogP contribution in [-0.2, 0) is 0 Å². The molecule has 0 fully saturated rings. The lowest BCUT2D eigenvalue weighted by molar-refractivity contribution is 0.662. The Hall–Kier alpha value is -1.09. The van der Waals surface area contributed by atoms with Crippen molar-refractivity contribution in [3.63, 3.8) is 0 Å². The monoisotopic (exact) mass is 236 g/mol. The highest BCUT2D eigenvalue weighted by Crippen LogP contribution is 2.20. The summed E-state index contributed by atoms with van der Waals surface area (Å²) in [6.45, 7) is 0.633. The molecule has 0 unspecified atom stereocenters. The van der Waals surface area contributed by atoms with Gasteiger partial charge in [0.05, 0.1) is 0 Å². The highest BCUT2D eigenvalue weighted by molar-refractivity contribution is 5.85. The van der Waals surface area contributed by atoms with E-state index < -0.39 is 0 Å². The minimum Gasteiger partial charge on any atom is -0.330 e. The van der Waals surface area contributed by atoms with Gasteiger partial charge in [-0.3, -0.25) is 0 Å². The largest absolute Gasteiger partial charge is 0.330 e. The van der Waals surface area contributed by atoms with Crippen LogP contribution in [0.2, 0.25) is 0 Å². The van der Waals surface area contributed by atoms with Crippen molar-refractivity contribution >= 4 is 23.2 Å². The molecule has 0 aliphatic carbocycles. The second-order valence-corrected chi connectivity index (χ2v) is 3.79. The topological polar surface area (TPSA) is 52.0 Å². The number of hydrogen-bond donors (Lipinski definition) is 2. The molecule has 86 valence electrons. The van der Waals surface area contributed by atoms with Gasteiger partial charge in [-0.15, -0.1) is 12.4 Å². The third-order valence-corrected chi connectivity index (χ3v) is 2.68. The van der Waals surface area contributed by atoms with Gasteiger partial charge in [0.15, 0.2) is 0 Å². The summed E-state index contributed by atoms with van der Waals surface area (Å²) in [4.78, 5) is 0. The zero-order chi connectivity index (χ0) is 10.7. The van der Waals surface area contributed by atoms with Crippen LogP contribution in [0, 0.1) is 0 Å². The van der Waals surface area contributed by atoms with Gasteiger partial charge in [-0.25, -0.2) is 0 Å². The molecule has 0 aromatic heterocycles. The molecule has 1 atom stereocenters. The van der Waals surface area contributed by atoms with Crippen LogP contribution in [0.1, 0.15) is 18.0 Å². The summed E-state index contributed by atoms with van der Waals surface area (Å²) in [7, 11) is 0. The zero-order valence-electron chi connectivity index (χ0n) is 9.10. The third kappa shape index (κ3) is 2.73. The summed E-state index contributed by atoms with van der Waals surface area (Å²) < 4.78 is 0.